The van der Waals surface area contributed by atoms with E-state index in [0.29, 0.717) is 23.5 Å². The summed E-state index contributed by atoms with van der Waals surface area (Å²) in [6, 6.07) is 14.7. The third-order valence-electron chi connectivity index (χ3n) is 3.08. The first-order chi connectivity index (χ1) is 10.9. The lowest BCUT2D eigenvalue weighted by molar-refractivity contribution is 0.00653. The molecule has 1 N–H and O–H groups in total. The van der Waals surface area contributed by atoms with Crippen molar-refractivity contribution in [3.63, 3.8) is 0 Å². The molecule has 0 aliphatic carbocycles. The molecule has 0 aliphatic heterocycles. The number of carbonyl (C=O) groups excluding carboxylic acids is 1. The predicted octanol–water partition coefficient (Wildman–Crippen LogP) is 3.71. The van der Waals surface area contributed by atoms with Crippen molar-refractivity contribution in [2.24, 2.45) is 0 Å². The Balaban J connectivity index is 2.22. The van der Waals surface area contributed by atoms with Gasteiger partial charge in [0, 0.05) is 0 Å². The molecule has 0 spiro atoms. The van der Waals surface area contributed by atoms with E-state index < -0.39 is 11.6 Å². The van der Waals surface area contributed by atoms with Crippen molar-refractivity contribution in [1.82, 2.24) is 0 Å². The molecule has 0 amide bonds. The van der Waals surface area contributed by atoms with Crippen molar-refractivity contribution in [3.8, 4) is 5.75 Å². The highest BCUT2D eigenvalue weighted by Crippen LogP contribution is 2.24. The molecule has 0 saturated heterocycles. The van der Waals surface area contributed by atoms with Gasteiger partial charge >= 0.3 is 5.97 Å². The third kappa shape index (κ3) is 5.11. The van der Waals surface area contributed by atoms with Crippen LogP contribution in [0.2, 0.25) is 0 Å². The van der Waals surface area contributed by atoms with E-state index in [-0.39, 0.29) is 6.61 Å². The van der Waals surface area contributed by atoms with Gasteiger partial charge in [0.1, 0.15) is 23.5 Å². The lowest BCUT2D eigenvalue weighted by Crippen LogP contribution is -2.24. The number of esters is 1. The maximum atomic E-state index is 12.4. The van der Waals surface area contributed by atoms with Gasteiger partial charge in [0.05, 0.1) is 6.61 Å². The quantitative estimate of drug-likeness (QED) is 0.855. The molecule has 0 saturated carbocycles. The first-order valence-corrected chi connectivity index (χ1v) is 7.53. The third-order valence-corrected chi connectivity index (χ3v) is 3.08. The van der Waals surface area contributed by atoms with Gasteiger partial charge in [-0.3, -0.25) is 0 Å². The van der Waals surface area contributed by atoms with Crippen molar-refractivity contribution >= 4 is 5.97 Å². The fraction of sp³-hybridized carbons (Fsp3) is 0.316. The summed E-state index contributed by atoms with van der Waals surface area (Å²) < 4.78 is 11.2. The summed E-state index contributed by atoms with van der Waals surface area (Å²) in [6.07, 6.45) is 0. The lowest BCUT2D eigenvalue weighted by atomic mass is 10.1. The van der Waals surface area contributed by atoms with E-state index in [4.69, 9.17) is 9.47 Å². The number of hydrogen-bond donors (Lipinski definition) is 1. The molecule has 2 rings (SSSR count). The van der Waals surface area contributed by atoms with Crippen molar-refractivity contribution in [2.45, 2.75) is 39.6 Å². The van der Waals surface area contributed by atoms with Gasteiger partial charge in [-0.05, 0) is 44.0 Å². The predicted molar refractivity (Wildman–Crippen MR) is 88.3 cm³/mol. The Labute approximate surface area is 136 Å². The van der Waals surface area contributed by atoms with Crippen LogP contribution in [0.3, 0.4) is 0 Å². The zero-order chi connectivity index (χ0) is 16.9. The number of carbonyl (C=O) groups is 1. The fourth-order valence-electron chi connectivity index (χ4n) is 2.03. The molecule has 4 nitrogen and oxygen atoms in total. The summed E-state index contributed by atoms with van der Waals surface area (Å²) in [5.74, 6) is -0.0174. The smallest absolute Gasteiger partial charge is 0.342 e. The van der Waals surface area contributed by atoms with Crippen LogP contribution in [0.25, 0.3) is 0 Å². The summed E-state index contributed by atoms with van der Waals surface area (Å²) in [7, 11) is 0. The van der Waals surface area contributed by atoms with Crippen LogP contribution in [-0.4, -0.2) is 16.7 Å². The van der Waals surface area contributed by atoms with Crippen LogP contribution in [0.5, 0.6) is 5.75 Å². The van der Waals surface area contributed by atoms with E-state index in [2.05, 4.69) is 0 Å². The Morgan fingerprint density at radius 3 is 2.35 bits per heavy atom. The van der Waals surface area contributed by atoms with Crippen LogP contribution in [0.4, 0.5) is 0 Å². The molecule has 0 heterocycles. The van der Waals surface area contributed by atoms with E-state index in [9.17, 15) is 9.90 Å². The second-order valence-electron chi connectivity index (χ2n) is 6.26. The lowest BCUT2D eigenvalue weighted by Gasteiger charge is -2.21. The number of ether oxygens (including phenoxy) is 2. The molecule has 4 heteroatoms. The van der Waals surface area contributed by atoms with Crippen LogP contribution in [0, 0.1) is 0 Å². The van der Waals surface area contributed by atoms with Crippen LogP contribution in [-0.2, 0) is 18.0 Å². The highest BCUT2D eigenvalue weighted by Gasteiger charge is 2.21. The molecule has 0 radical (unpaired) electrons. The molecule has 0 unspecified atom stereocenters. The molecular weight excluding hydrogens is 292 g/mol. The average molecular weight is 314 g/mol. The Hall–Kier alpha value is -2.33. The second kappa shape index (κ2) is 7.29. The van der Waals surface area contributed by atoms with Gasteiger partial charge in [0.15, 0.2) is 0 Å². The maximum absolute atomic E-state index is 12.4. The van der Waals surface area contributed by atoms with Crippen LogP contribution >= 0.6 is 0 Å². The van der Waals surface area contributed by atoms with Gasteiger partial charge < -0.3 is 14.6 Å². The molecule has 0 aliphatic rings. The van der Waals surface area contributed by atoms with Crippen molar-refractivity contribution in [2.75, 3.05) is 0 Å². The van der Waals surface area contributed by atoms with Gasteiger partial charge in [-0.25, -0.2) is 4.79 Å². The largest absolute Gasteiger partial charge is 0.488 e. The minimum Gasteiger partial charge on any atom is -0.488 e. The van der Waals surface area contributed by atoms with Gasteiger partial charge in [-0.2, -0.15) is 0 Å². The van der Waals surface area contributed by atoms with E-state index in [0.717, 1.165) is 5.56 Å². The normalized spacial score (nSPS) is 11.1. The molecule has 2 aromatic rings. The molecule has 0 atom stereocenters. The second-order valence-corrected chi connectivity index (χ2v) is 6.26. The number of benzene rings is 2. The zero-order valence-electron chi connectivity index (χ0n) is 13.7. The van der Waals surface area contributed by atoms with E-state index in [1.165, 1.54) is 0 Å². The van der Waals surface area contributed by atoms with Crippen molar-refractivity contribution < 1.29 is 19.4 Å². The van der Waals surface area contributed by atoms with E-state index >= 15 is 0 Å². The summed E-state index contributed by atoms with van der Waals surface area (Å²) in [5, 5.41) is 9.28. The number of hydrogen-bond acceptors (Lipinski definition) is 4. The fourth-order valence-corrected chi connectivity index (χ4v) is 2.03. The van der Waals surface area contributed by atoms with Crippen LogP contribution in [0.1, 0.15) is 42.3 Å². The molecule has 0 aromatic heterocycles. The summed E-state index contributed by atoms with van der Waals surface area (Å²) in [5.41, 5.74) is 1.37. The van der Waals surface area contributed by atoms with E-state index in [1.54, 1.807) is 18.2 Å². The van der Waals surface area contributed by atoms with E-state index in [1.807, 2.05) is 51.1 Å². The SMILES string of the molecule is CC(C)(C)OC(=O)c1cc(CO)ccc1OCc1ccccc1. The maximum Gasteiger partial charge on any atom is 0.342 e. The minimum atomic E-state index is -0.594. The van der Waals surface area contributed by atoms with Crippen molar-refractivity contribution in [3.05, 3.63) is 65.2 Å². The van der Waals surface area contributed by atoms with Gasteiger partial charge in [0.2, 0.25) is 0 Å². The zero-order valence-corrected chi connectivity index (χ0v) is 13.7. The Morgan fingerprint density at radius 1 is 1.04 bits per heavy atom. The Kier molecular flexibility index (Phi) is 5.40. The number of rotatable bonds is 5. The first kappa shape index (κ1) is 17.0. The standard InChI is InChI=1S/C19H22O4/c1-19(2,3)23-18(21)16-11-15(12-20)9-10-17(16)22-13-14-7-5-4-6-8-14/h4-11,20H,12-13H2,1-3H3. The molecule has 23 heavy (non-hydrogen) atoms. The van der Waals surface area contributed by atoms with Gasteiger partial charge in [0.25, 0.3) is 0 Å². The highest BCUT2D eigenvalue weighted by atomic mass is 16.6. The van der Waals surface area contributed by atoms with Gasteiger partial charge in [-0.1, -0.05) is 36.4 Å². The molecule has 2 aromatic carbocycles. The van der Waals surface area contributed by atoms with Crippen LogP contribution < -0.4 is 4.74 Å². The highest BCUT2D eigenvalue weighted by molar-refractivity contribution is 5.93. The summed E-state index contributed by atoms with van der Waals surface area (Å²) >= 11 is 0. The molecule has 0 bridgehead atoms. The van der Waals surface area contributed by atoms with Crippen LogP contribution in [0.15, 0.2) is 48.5 Å². The molecule has 122 valence electrons. The first-order valence-electron chi connectivity index (χ1n) is 7.53. The van der Waals surface area contributed by atoms with Gasteiger partial charge in [-0.15, -0.1) is 0 Å². The number of aliphatic hydroxyl groups is 1. The molecular formula is C19H22O4. The average Bonchev–Trinajstić information content (AvgIpc) is 2.52. The summed E-state index contributed by atoms with van der Waals surface area (Å²) in [6.45, 7) is 5.64. The summed E-state index contributed by atoms with van der Waals surface area (Å²) in [4.78, 5) is 12.4. The minimum absolute atomic E-state index is 0.144. The Morgan fingerprint density at radius 2 is 1.74 bits per heavy atom. The topological polar surface area (TPSA) is 55.8 Å². The molecule has 0 fully saturated rings. The Bertz CT molecular complexity index is 657. The van der Waals surface area contributed by atoms with Crippen molar-refractivity contribution in [1.29, 1.82) is 0 Å². The number of aliphatic hydroxyl groups excluding tert-OH is 1. The monoisotopic (exact) mass is 314 g/mol.